The van der Waals surface area contributed by atoms with Crippen LogP contribution in [0.25, 0.3) is 0 Å². The standard InChI is InChI=1S/C8H12.C2H6.CH4/c1-4-6-7-8(3)5-2;1-2;/h4,6-7H,1,3,5H2,2H3;1-2H3;1H4/b7-6-;;. The molecule has 0 saturated heterocycles. The average Bonchev–Trinajstić information content (AvgIpc) is 2.04. The average molecular weight is 154 g/mol. The van der Waals surface area contributed by atoms with Gasteiger partial charge in [-0.1, -0.05) is 65.2 Å². The lowest BCUT2D eigenvalue weighted by Gasteiger charge is -1.86. The quantitative estimate of drug-likeness (QED) is 0.530. The Morgan fingerprint density at radius 3 is 2.09 bits per heavy atom. The molecule has 0 heteroatoms. The molecule has 11 heavy (non-hydrogen) atoms. The van der Waals surface area contributed by atoms with Gasteiger partial charge in [-0.15, -0.1) is 0 Å². The lowest BCUT2D eigenvalue weighted by molar-refractivity contribution is 1.16. The first-order valence-electron chi connectivity index (χ1n) is 3.78. The SMILES string of the molecule is C.C=C/C=C\C(=C)CC.CC. The molecule has 0 amide bonds. The van der Waals surface area contributed by atoms with Crippen molar-refractivity contribution in [3.63, 3.8) is 0 Å². The van der Waals surface area contributed by atoms with Gasteiger partial charge in [-0.2, -0.15) is 0 Å². The summed E-state index contributed by atoms with van der Waals surface area (Å²) in [5, 5.41) is 0. The summed E-state index contributed by atoms with van der Waals surface area (Å²) in [6, 6.07) is 0. The minimum absolute atomic E-state index is 0. The Kier molecular flexibility index (Phi) is 24.4. The minimum atomic E-state index is 0. The summed E-state index contributed by atoms with van der Waals surface area (Å²) < 4.78 is 0. The molecule has 0 heterocycles. The fourth-order valence-corrected chi connectivity index (χ4v) is 0.322. The molecule has 0 unspecified atom stereocenters. The molecule has 0 atom stereocenters. The topological polar surface area (TPSA) is 0 Å². The van der Waals surface area contributed by atoms with Crippen LogP contribution in [0.3, 0.4) is 0 Å². The molecule has 0 aliphatic heterocycles. The summed E-state index contributed by atoms with van der Waals surface area (Å²) in [5.74, 6) is 0. The van der Waals surface area contributed by atoms with E-state index in [4.69, 9.17) is 0 Å². The Balaban J connectivity index is -0.000000196. The van der Waals surface area contributed by atoms with Crippen LogP contribution in [0.1, 0.15) is 34.6 Å². The lowest BCUT2D eigenvalue weighted by Crippen LogP contribution is -1.65. The fraction of sp³-hybridized carbons (Fsp3) is 0.455. The van der Waals surface area contributed by atoms with Crippen molar-refractivity contribution in [2.45, 2.75) is 34.6 Å². The summed E-state index contributed by atoms with van der Waals surface area (Å²) in [6.45, 7) is 13.4. The van der Waals surface area contributed by atoms with Crippen LogP contribution in [0.15, 0.2) is 37.0 Å². The predicted octanol–water partition coefficient (Wildman–Crippen LogP) is 4.36. The van der Waals surface area contributed by atoms with Gasteiger partial charge < -0.3 is 0 Å². The first kappa shape index (κ1) is 16.7. The molecule has 0 aromatic carbocycles. The van der Waals surface area contributed by atoms with Crippen molar-refractivity contribution in [2.24, 2.45) is 0 Å². The van der Waals surface area contributed by atoms with Gasteiger partial charge in [0.05, 0.1) is 0 Å². The van der Waals surface area contributed by atoms with Gasteiger partial charge in [-0.25, -0.2) is 0 Å². The van der Waals surface area contributed by atoms with Crippen LogP contribution < -0.4 is 0 Å². The Morgan fingerprint density at radius 2 is 1.82 bits per heavy atom. The first-order valence-corrected chi connectivity index (χ1v) is 3.78. The van der Waals surface area contributed by atoms with Crippen molar-refractivity contribution in [1.29, 1.82) is 0 Å². The molecule has 0 bridgehead atoms. The van der Waals surface area contributed by atoms with Gasteiger partial charge in [0.2, 0.25) is 0 Å². The zero-order valence-corrected chi connectivity index (χ0v) is 7.35. The van der Waals surface area contributed by atoms with Gasteiger partial charge in [-0.3, -0.25) is 0 Å². The monoisotopic (exact) mass is 154 g/mol. The Hall–Kier alpha value is -0.780. The molecule has 0 aliphatic carbocycles. The summed E-state index contributed by atoms with van der Waals surface area (Å²) in [5.41, 5.74) is 1.14. The third-order valence-corrected chi connectivity index (χ3v) is 0.922. The van der Waals surface area contributed by atoms with E-state index in [2.05, 4.69) is 20.1 Å². The van der Waals surface area contributed by atoms with E-state index >= 15 is 0 Å². The van der Waals surface area contributed by atoms with Gasteiger partial charge in [0.1, 0.15) is 0 Å². The lowest BCUT2D eigenvalue weighted by atomic mass is 10.2. The second-order valence-electron chi connectivity index (χ2n) is 1.61. The van der Waals surface area contributed by atoms with Crippen LogP contribution in [-0.2, 0) is 0 Å². The molecule has 0 spiro atoms. The number of hydrogen-bond acceptors (Lipinski definition) is 0. The zero-order valence-electron chi connectivity index (χ0n) is 7.35. The molecule has 0 N–H and O–H groups in total. The third-order valence-electron chi connectivity index (χ3n) is 0.922. The molecule has 0 saturated carbocycles. The van der Waals surface area contributed by atoms with E-state index in [1.807, 2.05) is 26.0 Å². The summed E-state index contributed by atoms with van der Waals surface area (Å²) in [4.78, 5) is 0. The smallest absolute Gasteiger partial charge is 0.0313 e. The summed E-state index contributed by atoms with van der Waals surface area (Å²) in [7, 11) is 0. The molecule has 0 nitrogen and oxygen atoms in total. The van der Waals surface area contributed by atoms with E-state index in [0.29, 0.717) is 0 Å². The molecule has 0 aromatic heterocycles. The molecular weight excluding hydrogens is 132 g/mol. The maximum atomic E-state index is 3.78. The van der Waals surface area contributed by atoms with E-state index in [9.17, 15) is 0 Å². The van der Waals surface area contributed by atoms with Crippen molar-refractivity contribution >= 4 is 0 Å². The van der Waals surface area contributed by atoms with E-state index < -0.39 is 0 Å². The van der Waals surface area contributed by atoms with Crippen molar-refractivity contribution < 1.29 is 0 Å². The van der Waals surface area contributed by atoms with Crippen molar-refractivity contribution in [3.8, 4) is 0 Å². The largest absolute Gasteiger partial charge is 0.0991 e. The van der Waals surface area contributed by atoms with Gasteiger partial charge in [0, 0.05) is 0 Å². The zero-order chi connectivity index (χ0) is 8.41. The van der Waals surface area contributed by atoms with Crippen molar-refractivity contribution in [2.75, 3.05) is 0 Å². The summed E-state index contributed by atoms with van der Waals surface area (Å²) >= 11 is 0. The van der Waals surface area contributed by atoms with Crippen LogP contribution in [0.2, 0.25) is 0 Å². The second kappa shape index (κ2) is 16.1. The van der Waals surface area contributed by atoms with Gasteiger partial charge in [0.15, 0.2) is 0 Å². The first-order chi connectivity index (χ1) is 4.81. The molecule has 0 rings (SSSR count). The number of hydrogen-bond donors (Lipinski definition) is 0. The Morgan fingerprint density at radius 1 is 1.36 bits per heavy atom. The normalized spacial score (nSPS) is 7.55. The highest BCUT2D eigenvalue weighted by molar-refractivity contribution is 5.17. The van der Waals surface area contributed by atoms with Gasteiger partial charge in [0.25, 0.3) is 0 Å². The van der Waals surface area contributed by atoms with E-state index in [1.54, 1.807) is 6.08 Å². The molecule has 66 valence electrons. The fourth-order valence-electron chi connectivity index (χ4n) is 0.322. The number of allylic oxidation sites excluding steroid dienone is 4. The maximum Gasteiger partial charge on any atom is -0.0313 e. The van der Waals surface area contributed by atoms with Crippen molar-refractivity contribution in [3.05, 3.63) is 37.0 Å². The van der Waals surface area contributed by atoms with Crippen LogP contribution in [0, 0.1) is 0 Å². The van der Waals surface area contributed by atoms with Gasteiger partial charge in [-0.05, 0) is 6.42 Å². The number of rotatable bonds is 3. The Labute approximate surface area is 72.3 Å². The molecule has 0 aromatic rings. The van der Waals surface area contributed by atoms with E-state index in [0.717, 1.165) is 12.0 Å². The van der Waals surface area contributed by atoms with E-state index in [1.165, 1.54) is 0 Å². The third kappa shape index (κ3) is 17.6. The second-order valence-corrected chi connectivity index (χ2v) is 1.61. The van der Waals surface area contributed by atoms with Crippen molar-refractivity contribution in [1.82, 2.24) is 0 Å². The highest BCUT2D eigenvalue weighted by Gasteiger charge is 1.75. The minimum Gasteiger partial charge on any atom is -0.0991 e. The molecule has 0 radical (unpaired) electrons. The van der Waals surface area contributed by atoms with Crippen LogP contribution >= 0.6 is 0 Å². The maximum absolute atomic E-state index is 3.78. The van der Waals surface area contributed by atoms with Crippen LogP contribution in [0.5, 0.6) is 0 Å². The van der Waals surface area contributed by atoms with Crippen LogP contribution in [0.4, 0.5) is 0 Å². The highest BCUT2D eigenvalue weighted by atomic mass is 13.8. The van der Waals surface area contributed by atoms with Gasteiger partial charge >= 0.3 is 0 Å². The summed E-state index contributed by atoms with van der Waals surface area (Å²) in [6.07, 6.45) is 6.63. The molecular formula is C11H22. The predicted molar refractivity (Wildman–Crippen MR) is 56.8 cm³/mol. The molecule has 0 fully saturated rings. The van der Waals surface area contributed by atoms with E-state index in [-0.39, 0.29) is 7.43 Å². The highest BCUT2D eigenvalue weighted by Crippen LogP contribution is 1.96. The Bertz CT molecular complexity index is 107. The van der Waals surface area contributed by atoms with Crippen LogP contribution in [-0.4, -0.2) is 0 Å². The molecule has 0 aliphatic rings.